The molecule has 20 heavy (non-hydrogen) atoms. The van der Waals surface area contributed by atoms with Crippen LogP contribution in [0, 0.1) is 0 Å². The van der Waals surface area contributed by atoms with Crippen molar-refractivity contribution < 1.29 is 9.53 Å². The molecule has 0 spiro atoms. The number of carbonyl (C=O) groups excluding carboxylic acids is 1. The summed E-state index contributed by atoms with van der Waals surface area (Å²) in [4.78, 5) is 19.4. The lowest BCUT2D eigenvalue weighted by Gasteiger charge is -2.30. The molecule has 5 nitrogen and oxygen atoms in total. The van der Waals surface area contributed by atoms with Crippen molar-refractivity contribution in [2.45, 2.75) is 12.3 Å². The molecule has 0 bridgehead atoms. The Bertz CT molecular complexity index is 625. The number of anilines is 1. The smallest absolute Gasteiger partial charge is 0.358 e. The van der Waals surface area contributed by atoms with E-state index < -0.39 is 5.97 Å². The fourth-order valence-electron chi connectivity index (χ4n) is 2.40. The Morgan fingerprint density at radius 1 is 1.35 bits per heavy atom. The predicted octanol–water partition coefficient (Wildman–Crippen LogP) is 2.01. The highest BCUT2D eigenvalue weighted by Gasteiger charge is 2.24. The maximum Gasteiger partial charge on any atom is 0.358 e. The molecule has 1 aliphatic carbocycles. The lowest BCUT2D eigenvalue weighted by Crippen LogP contribution is -2.24. The molecule has 0 saturated carbocycles. The number of benzene rings is 1. The molecule has 102 valence electrons. The number of rotatable bonds is 4. The molecule has 1 atom stereocenters. The van der Waals surface area contributed by atoms with Gasteiger partial charge >= 0.3 is 5.97 Å². The molecule has 1 aliphatic rings. The number of hydrogen-bond acceptors (Lipinski definition) is 5. The highest BCUT2D eigenvalue weighted by molar-refractivity contribution is 5.86. The van der Waals surface area contributed by atoms with Crippen LogP contribution in [0.25, 0.3) is 0 Å². The van der Waals surface area contributed by atoms with E-state index in [2.05, 4.69) is 44.3 Å². The van der Waals surface area contributed by atoms with Crippen LogP contribution in [0.5, 0.6) is 0 Å². The summed E-state index contributed by atoms with van der Waals surface area (Å²) in [6, 6.07) is 8.46. The van der Waals surface area contributed by atoms with Gasteiger partial charge in [-0.1, -0.05) is 24.3 Å². The third kappa shape index (κ3) is 2.34. The zero-order chi connectivity index (χ0) is 13.9. The third-order valence-electron chi connectivity index (χ3n) is 3.54. The van der Waals surface area contributed by atoms with Crippen LogP contribution in [0.3, 0.4) is 0 Å². The second kappa shape index (κ2) is 5.28. The van der Waals surface area contributed by atoms with Crippen LogP contribution in [0.4, 0.5) is 5.82 Å². The number of nitrogens with one attached hydrogen (secondary N) is 1. The number of carbonyl (C=O) groups is 1. The maximum atomic E-state index is 11.2. The van der Waals surface area contributed by atoms with Gasteiger partial charge in [-0.3, -0.25) is 0 Å². The Labute approximate surface area is 117 Å². The Kier molecular flexibility index (Phi) is 3.33. The first-order valence-corrected chi connectivity index (χ1v) is 6.50. The van der Waals surface area contributed by atoms with Gasteiger partial charge in [-0.05, 0) is 17.5 Å². The Hall–Kier alpha value is -2.43. The van der Waals surface area contributed by atoms with E-state index >= 15 is 0 Å². The summed E-state index contributed by atoms with van der Waals surface area (Å²) in [6.07, 6.45) is 4.07. The molecule has 1 aromatic heterocycles. The van der Waals surface area contributed by atoms with Crippen LogP contribution in [0.15, 0.2) is 36.7 Å². The van der Waals surface area contributed by atoms with Crippen LogP contribution in [-0.2, 0) is 11.2 Å². The van der Waals surface area contributed by atoms with E-state index in [0.717, 1.165) is 13.0 Å². The first-order chi connectivity index (χ1) is 9.78. The fraction of sp³-hybridized carbons (Fsp3) is 0.267. The van der Waals surface area contributed by atoms with Gasteiger partial charge in [-0.2, -0.15) is 0 Å². The van der Waals surface area contributed by atoms with Gasteiger partial charge in [0.15, 0.2) is 5.69 Å². The van der Waals surface area contributed by atoms with Crippen LogP contribution in [0.2, 0.25) is 0 Å². The van der Waals surface area contributed by atoms with E-state index in [0.29, 0.717) is 11.7 Å². The number of hydrogen-bond donors (Lipinski definition) is 1. The molecule has 0 radical (unpaired) electrons. The number of nitrogens with zero attached hydrogens (tertiary/aromatic N) is 2. The molecule has 0 saturated heterocycles. The third-order valence-corrected chi connectivity index (χ3v) is 3.54. The summed E-state index contributed by atoms with van der Waals surface area (Å²) >= 11 is 0. The van der Waals surface area contributed by atoms with Gasteiger partial charge in [-0.15, -0.1) is 0 Å². The van der Waals surface area contributed by atoms with Crippen LogP contribution in [-0.4, -0.2) is 29.6 Å². The van der Waals surface area contributed by atoms with Crippen molar-refractivity contribution in [1.29, 1.82) is 0 Å². The lowest BCUT2D eigenvalue weighted by molar-refractivity contribution is 0.0593. The van der Waals surface area contributed by atoms with E-state index in [-0.39, 0.29) is 5.69 Å². The van der Waals surface area contributed by atoms with Crippen LogP contribution in [0.1, 0.15) is 27.5 Å². The first kappa shape index (κ1) is 12.6. The highest BCUT2D eigenvalue weighted by Crippen LogP contribution is 2.34. The average Bonchev–Trinajstić information content (AvgIpc) is 2.48. The largest absolute Gasteiger partial charge is 0.464 e. The molecule has 3 rings (SSSR count). The SMILES string of the molecule is COC(=O)c1cnc(NCC2Cc3ccccc32)cn1. The minimum atomic E-state index is -0.475. The number of ether oxygens (including phenoxy) is 1. The van der Waals surface area contributed by atoms with Crippen molar-refractivity contribution in [3.63, 3.8) is 0 Å². The molecule has 1 aromatic carbocycles. The van der Waals surface area contributed by atoms with E-state index in [1.165, 1.54) is 24.4 Å². The predicted molar refractivity (Wildman–Crippen MR) is 74.7 cm³/mol. The van der Waals surface area contributed by atoms with E-state index in [1.54, 1.807) is 6.20 Å². The average molecular weight is 269 g/mol. The van der Waals surface area contributed by atoms with E-state index in [9.17, 15) is 4.79 Å². The van der Waals surface area contributed by atoms with E-state index in [1.807, 2.05) is 0 Å². The Morgan fingerprint density at radius 2 is 2.20 bits per heavy atom. The highest BCUT2D eigenvalue weighted by atomic mass is 16.5. The van der Waals surface area contributed by atoms with Crippen LogP contribution >= 0.6 is 0 Å². The molecule has 1 unspecified atom stereocenters. The molecular weight excluding hydrogens is 254 g/mol. The summed E-state index contributed by atoms with van der Waals surface area (Å²) in [5, 5.41) is 3.25. The van der Waals surface area contributed by atoms with E-state index in [4.69, 9.17) is 0 Å². The number of fused-ring (bicyclic) bond motifs is 1. The maximum absolute atomic E-state index is 11.2. The van der Waals surface area contributed by atoms with Gasteiger partial charge < -0.3 is 10.1 Å². The minimum absolute atomic E-state index is 0.215. The quantitative estimate of drug-likeness (QED) is 0.860. The van der Waals surface area contributed by atoms with Gasteiger partial charge in [0.2, 0.25) is 0 Å². The Balaban J connectivity index is 1.59. The van der Waals surface area contributed by atoms with Crippen molar-refractivity contribution in [3.8, 4) is 0 Å². The van der Waals surface area contributed by atoms with Gasteiger partial charge in [0.1, 0.15) is 5.82 Å². The Morgan fingerprint density at radius 3 is 2.90 bits per heavy atom. The van der Waals surface area contributed by atoms with Crippen molar-refractivity contribution in [1.82, 2.24) is 9.97 Å². The summed E-state index contributed by atoms with van der Waals surface area (Å²) in [7, 11) is 1.32. The van der Waals surface area contributed by atoms with Crippen LogP contribution < -0.4 is 5.32 Å². The molecule has 0 amide bonds. The lowest BCUT2D eigenvalue weighted by atomic mass is 9.78. The van der Waals surface area contributed by atoms with Gasteiger partial charge in [-0.25, -0.2) is 14.8 Å². The first-order valence-electron chi connectivity index (χ1n) is 6.50. The zero-order valence-corrected chi connectivity index (χ0v) is 11.2. The second-order valence-corrected chi connectivity index (χ2v) is 4.76. The van der Waals surface area contributed by atoms with Crippen molar-refractivity contribution in [3.05, 3.63) is 53.5 Å². The van der Waals surface area contributed by atoms with Gasteiger partial charge in [0, 0.05) is 12.5 Å². The molecule has 0 fully saturated rings. The molecular formula is C15H15N3O2. The number of methoxy groups -OCH3 is 1. The summed E-state index contributed by atoms with van der Waals surface area (Å²) in [5.41, 5.74) is 3.04. The summed E-state index contributed by atoms with van der Waals surface area (Å²) in [5.74, 6) is 0.715. The van der Waals surface area contributed by atoms with Gasteiger partial charge in [0.25, 0.3) is 0 Å². The van der Waals surface area contributed by atoms with Gasteiger partial charge in [0.05, 0.1) is 19.5 Å². The molecule has 1 N–H and O–H groups in total. The molecule has 2 aromatic rings. The zero-order valence-electron chi connectivity index (χ0n) is 11.2. The summed E-state index contributed by atoms with van der Waals surface area (Å²) in [6.45, 7) is 0.823. The second-order valence-electron chi connectivity index (χ2n) is 4.76. The molecule has 1 heterocycles. The number of aromatic nitrogens is 2. The van der Waals surface area contributed by atoms with Crippen molar-refractivity contribution in [2.75, 3.05) is 19.0 Å². The minimum Gasteiger partial charge on any atom is -0.464 e. The molecule has 0 aliphatic heterocycles. The summed E-state index contributed by atoms with van der Waals surface area (Å²) < 4.78 is 4.58. The normalized spacial score (nSPS) is 15.9. The van der Waals surface area contributed by atoms with Crippen molar-refractivity contribution in [2.24, 2.45) is 0 Å². The molecule has 5 heteroatoms. The monoisotopic (exact) mass is 269 g/mol. The topological polar surface area (TPSA) is 64.1 Å². The standard InChI is InChI=1S/C15H15N3O2/c1-20-15(19)13-8-18-14(9-16-13)17-7-11-6-10-4-2-3-5-12(10)11/h2-5,8-9,11H,6-7H2,1H3,(H,17,18). The number of esters is 1. The van der Waals surface area contributed by atoms with Crippen molar-refractivity contribution >= 4 is 11.8 Å². The fourth-order valence-corrected chi connectivity index (χ4v) is 2.40.